The largest absolute Gasteiger partial charge is 0.411 e. The van der Waals surface area contributed by atoms with Gasteiger partial charge in [0.1, 0.15) is 5.76 Å². The summed E-state index contributed by atoms with van der Waals surface area (Å²) < 4.78 is 5.44. The van der Waals surface area contributed by atoms with E-state index in [-0.39, 0.29) is 0 Å². The Hall–Kier alpha value is -1.32. The van der Waals surface area contributed by atoms with E-state index in [9.17, 15) is 5.21 Å². The van der Waals surface area contributed by atoms with Gasteiger partial charge < -0.3 is 9.73 Å². The molecule has 0 aliphatic heterocycles. The van der Waals surface area contributed by atoms with E-state index in [0.29, 0.717) is 0 Å². The summed E-state index contributed by atoms with van der Waals surface area (Å²) in [7, 11) is 0. The van der Waals surface area contributed by atoms with Crippen molar-refractivity contribution in [1.29, 1.82) is 0 Å². The van der Waals surface area contributed by atoms with E-state index in [2.05, 4.69) is 17.2 Å². The van der Waals surface area contributed by atoms with Crippen molar-refractivity contribution in [2.75, 3.05) is 0 Å². The molecule has 2 rings (SSSR count). The minimum atomic E-state index is 0.761. The number of unbranched alkanes of at least 4 members (excludes halogenated alkanes) is 12. The highest BCUT2D eigenvalue weighted by Gasteiger charge is 2.24. The van der Waals surface area contributed by atoms with Gasteiger partial charge in [0, 0.05) is 6.42 Å². The number of nitrogens with zero attached hydrogens (tertiary/aromatic N) is 2. The zero-order valence-corrected chi connectivity index (χ0v) is 16.8. The van der Waals surface area contributed by atoms with Gasteiger partial charge in [0.2, 0.25) is 0 Å². The maximum Gasteiger partial charge on any atom is 0.146 e. The molecule has 1 aliphatic rings. The van der Waals surface area contributed by atoms with Crippen molar-refractivity contribution >= 4 is 5.71 Å². The van der Waals surface area contributed by atoms with E-state index in [1.54, 1.807) is 0 Å². The molecular formula is C22H38N2O2. The maximum atomic E-state index is 9.18. The van der Waals surface area contributed by atoms with Crippen LogP contribution in [-0.2, 0) is 12.8 Å². The molecule has 0 aromatic carbocycles. The molecule has 0 saturated carbocycles. The van der Waals surface area contributed by atoms with Crippen LogP contribution < -0.4 is 0 Å². The molecule has 1 aliphatic carbocycles. The third-order valence-electron chi connectivity index (χ3n) is 5.58. The summed E-state index contributed by atoms with van der Waals surface area (Å²) in [6, 6.07) is 0. The number of aromatic nitrogens is 1. The normalized spacial score (nSPS) is 15.5. The average molecular weight is 363 g/mol. The van der Waals surface area contributed by atoms with Crippen LogP contribution in [0.5, 0.6) is 0 Å². The Bertz CT molecular complexity index is 522. The van der Waals surface area contributed by atoms with Crippen molar-refractivity contribution in [3.63, 3.8) is 0 Å². The minimum Gasteiger partial charge on any atom is -0.411 e. The molecule has 1 aromatic heterocycles. The summed E-state index contributed by atoms with van der Waals surface area (Å²) in [5.41, 5.74) is 2.76. The number of oxime groups is 1. The molecule has 0 bridgehead atoms. The van der Waals surface area contributed by atoms with E-state index in [4.69, 9.17) is 4.52 Å². The summed E-state index contributed by atoms with van der Waals surface area (Å²) in [5.74, 6) is 0.911. The van der Waals surface area contributed by atoms with Gasteiger partial charge in [-0.15, -0.1) is 0 Å². The lowest BCUT2D eigenvalue weighted by Gasteiger charge is -2.11. The Morgan fingerprint density at radius 3 is 2.00 bits per heavy atom. The lowest BCUT2D eigenvalue weighted by Crippen LogP contribution is -2.12. The molecule has 148 valence electrons. The highest BCUT2D eigenvalue weighted by Crippen LogP contribution is 2.26. The SMILES string of the molecule is CCCCCCCCCCCCCCCc1noc2c1/C(=N/O)CCC2. The molecule has 0 amide bonds. The maximum absolute atomic E-state index is 9.18. The Labute approximate surface area is 159 Å². The van der Waals surface area contributed by atoms with Gasteiger partial charge in [-0.1, -0.05) is 94.3 Å². The number of rotatable bonds is 14. The number of hydrogen-bond acceptors (Lipinski definition) is 4. The Morgan fingerprint density at radius 1 is 0.846 bits per heavy atom. The molecule has 1 N–H and O–H groups in total. The number of hydrogen-bond donors (Lipinski definition) is 1. The predicted octanol–water partition coefficient (Wildman–Crippen LogP) is 6.82. The second-order valence-corrected chi connectivity index (χ2v) is 7.82. The van der Waals surface area contributed by atoms with Gasteiger partial charge in [-0.05, 0) is 25.7 Å². The smallest absolute Gasteiger partial charge is 0.146 e. The molecule has 0 saturated heterocycles. The third kappa shape index (κ3) is 7.13. The molecule has 0 spiro atoms. The van der Waals surface area contributed by atoms with Crippen molar-refractivity contribution < 1.29 is 9.73 Å². The zero-order chi connectivity index (χ0) is 18.5. The first kappa shape index (κ1) is 21.0. The first-order chi connectivity index (χ1) is 12.9. The summed E-state index contributed by atoms with van der Waals surface area (Å²) >= 11 is 0. The molecule has 0 atom stereocenters. The van der Waals surface area contributed by atoms with E-state index < -0.39 is 0 Å². The topological polar surface area (TPSA) is 58.6 Å². The van der Waals surface area contributed by atoms with Crippen LogP contribution in [-0.4, -0.2) is 16.1 Å². The van der Waals surface area contributed by atoms with Gasteiger partial charge in [-0.25, -0.2) is 0 Å². The first-order valence-electron chi connectivity index (χ1n) is 11.1. The Kier molecular flexibility index (Phi) is 10.4. The number of aryl methyl sites for hydroxylation is 2. The van der Waals surface area contributed by atoms with Crippen LogP contribution in [0.15, 0.2) is 9.68 Å². The molecule has 1 aromatic rings. The van der Waals surface area contributed by atoms with Crippen molar-refractivity contribution in [3.8, 4) is 0 Å². The van der Waals surface area contributed by atoms with E-state index >= 15 is 0 Å². The van der Waals surface area contributed by atoms with Crippen molar-refractivity contribution in [2.24, 2.45) is 5.16 Å². The molecule has 4 heteroatoms. The zero-order valence-electron chi connectivity index (χ0n) is 16.8. The summed E-state index contributed by atoms with van der Waals surface area (Å²) in [6.45, 7) is 2.28. The van der Waals surface area contributed by atoms with Crippen LogP contribution >= 0.6 is 0 Å². The Balaban J connectivity index is 1.47. The van der Waals surface area contributed by atoms with Crippen LogP contribution in [0, 0.1) is 0 Å². The van der Waals surface area contributed by atoms with Crippen LogP contribution in [0.25, 0.3) is 0 Å². The minimum absolute atomic E-state index is 0.761. The average Bonchev–Trinajstić information content (AvgIpc) is 3.09. The van der Waals surface area contributed by atoms with Crippen molar-refractivity contribution in [2.45, 2.75) is 116 Å². The van der Waals surface area contributed by atoms with Crippen LogP contribution in [0.4, 0.5) is 0 Å². The molecular weight excluding hydrogens is 324 g/mol. The van der Waals surface area contributed by atoms with Gasteiger partial charge in [0.15, 0.2) is 0 Å². The lowest BCUT2D eigenvalue weighted by atomic mass is 9.93. The van der Waals surface area contributed by atoms with Gasteiger partial charge in [-0.3, -0.25) is 0 Å². The highest BCUT2D eigenvalue weighted by molar-refractivity contribution is 6.02. The summed E-state index contributed by atoms with van der Waals surface area (Å²) in [5, 5.41) is 16.9. The fourth-order valence-electron chi connectivity index (χ4n) is 3.98. The molecule has 0 fully saturated rings. The highest BCUT2D eigenvalue weighted by atomic mass is 16.5. The Morgan fingerprint density at radius 2 is 1.42 bits per heavy atom. The summed E-state index contributed by atoms with van der Waals surface area (Å²) in [6.07, 6.45) is 21.4. The van der Waals surface area contributed by atoms with E-state index in [1.165, 1.54) is 77.0 Å². The van der Waals surface area contributed by atoms with E-state index in [0.717, 1.165) is 54.8 Å². The predicted molar refractivity (Wildman–Crippen MR) is 107 cm³/mol. The van der Waals surface area contributed by atoms with Gasteiger partial charge >= 0.3 is 0 Å². The van der Waals surface area contributed by atoms with Gasteiger partial charge in [-0.2, -0.15) is 0 Å². The fourth-order valence-corrected chi connectivity index (χ4v) is 3.98. The van der Waals surface area contributed by atoms with Crippen LogP contribution in [0.2, 0.25) is 0 Å². The summed E-state index contributed by atoms with van der Waals surface area (Å²) in [4.78, 5) is 0. The van der Waals surface area contributed by atoms with Crippen LogP contribution in [0.1, 0.15) is 120 Å². The first-order valence-corrected chi connectivity index (χ1v) is 11.1. The fraction of sp³-hybridized carbons (Fsp3) is 0.818. The van der Waals surface area contributed by atoms with Crippen molar-refractivity contribution in [1.82, 2.24) is 5.16 Å². The van der Waals surface area contributed by atoms with Crippen molar-refractivity contribution in [3.05, 3.63) is 17.0 Å². The van der Waals surface area contributed by atoms with Gasteiger partial charge in [0.05, 0.1) is 17.0 Å². The van der Waals surface area contributed by atoms with E-state index in [1.807, 2.05) is 0 Å². The molecule has 0 radical (unpaired) electrons. The number of fused-ring (bicyclic) bond motifs is 1. The molecule has 0 unspecified atom stereocenters. The molecule has 26 heavy (non-hydrogen) atoms. The second kappa shape index (κ2) is 12.9. The standard InChI is InChI=1S/C22H38N2O2/c1-2-3-4-5-6-7-8-9-10-11-12-13-14-16-20-22-19(23-25)17-15-18-21(22)26-24-20/h25H,2-18H2,1H3/b23-19+. The molecule has 4 nitrogen and oxygen atoms in total. The third-order valence-corrected chi connectivity index (χ3v) is 5.58. The monoisotopic (exact) mass is 362 g/mol. The molecule has 1 heterocycles. The lowest BCUT2D eigenvalue weighted by molar-refractivity contribution is 0.316. The second-order valence-electron chi connectivity index (χ2n) is 7.82. The van der Waals surface area contributed by atoms with Crippen LogP contribution in [0.3, 0.4) is 0 Å². The quantitative estimate of drug-likeness (QED) is 0.224. The van der Waals surface area contributed by atoms with Gasteiger partial charge in [0.25, 0.3) is 0 Å².